The van der Waals surface area contributed by atoms with Gasteiger partial charge in [0.05, 0.1) is 11.4 Å². The van der Waals surface area contributed by atoms with Crippen molar-refractivity contribution >= 4 is 11.6 Å². The van der Waals surface area contributed by atoms with E-state index >= 15 is 0 Å². The third-order valence-electron chi connectivity index (χ3n) is 1.57. The van der Waals surface area contributed by atoms with Gasteiger partial charge in [-0.25, -0.2) is 4.39 Å². The fraction of sp³-hybridized carbons (Fsp3) is 0.200. The van der Waals surface area contributed by atoms with Gasteiger partial charge in [-0.2, -0.15) is 13.2 Å². The summed E-state index contributed by atoms with van der Waals surface area (Å²) >= 11 is 5.25. The van der Waals surface area contributed by atoms with Crippen LogP contribution in [-0.4, -0.2) is 5.88 Å². The molecule has 0 radical (unpaired) electrons. The smallest absolute Gasteiger partial charge is 0.206 e. The molecule has 0 bridgehead atoms. The number of benzene rings is 1. The Kier molecular flexibility index (Phi) is 3.59. The fourth-order valence-electron chi connectivity index (χ4n) is 0.958. The lowest BCUT2D eigenvalue weighted by Crippen LogP contribution is -2.07. The van der Waals surface area contributed by atoms with E-state index in [0.717, 1.165) is 12.1 Å². The molecule has 0 heterocycles. The predicted molar refractivity (Wildman–Crippen MR) is 49.0 cm³/mol. The lowest BCUT2D eigenvalue weighted by Gasteiger charge is -2.07. The standard InChI is InChI=1S/C10H5ClF4/c11-5-1-2-7-3-4-8(9(12)6-7)10(13,14)15/h3-4,6H,5H2. The first-order valence-corrected chi connectivity index (χ1v) is 4.40. The summed E-state index contributed by atoms with van der Waals surface area (Å²) in [6.45, 7) is 0. The molecule has 0 spiro atoms. The summed E-state index contributed by atoms with van der Waals surface area (Å²) in [4.78, 5) is 0. The summed E-state index contributed by atoms with van der Waals surface area (Å²) in [7, 11) is 0. The van der Waals surface area contributed by atoms with Crippen molar-refractivity contribution in [3.63, 3.8) is 0 Å². The van der Waals surface area contributed by atoms with E-state index < -0.39 is 17.6 Å². The van der Waals surface area contributed by atoms with E-state index in [4.69, 9.17) is 11.6 Å². The maximum absolute atomic E-state index is 13.0. The highest BCUT2D eigenvalue weighted by molar-refractivity contribution is 6.19. The largest absolute Gasteiger partial charge is 0.419 e. The molecule has 0 aliphatic rings. The molecule has 0 aliphatic heterocycles. The zero-order valence-corrected chi connectivity index (χ0v) is 8.08. The first kappa shape index (κ1) is 11.9. The third kappa shape index (κ3) is 3.14. The lowest BCUT2D eigenvalue weighted by atomic mass is 10.1. The molecule has 0 aliphatic carbocycles. The lowest BCUT2D eigenvalue weighted by molar-refractivity contribution is -0.140. The Hall–Kier alpha value is -1.21. The molecule has 80 valence electrons. The Morgan fingerprint density at radius 2 is 1.93 bits per heavy atom. The van der Waals surface area contributed by atoms with E-state index in [1.165, 1.54) is 0 Å². The van der Waals surface area contributed by atoms with E-state index in [0.29, 0.717) is 6.07 Å². The van der Waals surface area contributed by atoms with Crippen LogP contribution in [0.3, 0.4) is 0 Å². The number of halogens is 5. The minimum Gasteiger partial charge on any atom is -0.206 e. The Morgan fingerprint density at radius 1 is 1.27 bits per heavy atom. The Balaban J connectivity index is 3.09. The van der Waals surface area contributed by atoms with Gasteiger partial charge in [-0.05, 0) is 18.2 Å². The molecule has 0 unspecified atom stereocenters. The molecule has 0 saturated heterocycles. The van der Waals surface area contributed by atoms with E-state index in [1.54, 1.807) is 0 Å². The van der Waals surface area contributed by atoms with E-state index in [1.807, 2.05) is 0 Å². The molecule has 0 nitrogen and oxygen atoms in total. The highest BCUT2D eigenvalue weighted by atomic mass is 35.5. The summed E-state index contributed by atoms with van der Waals surface area (Å²) in [5.74, 6) is 3.56. The van der Waals surface area contributed by atoms with Gasteiger partial charge in [-0.15, -0.1) is 11.6 Å². The van der Waals surface area contributed by atoms with Crippen LogP contribution in [0, 0.1) is 17.7 Å². The van der Waals surface area contributed by atoms with Crippen molar-refractivity contribution in [2.45, 2.75) is 6.18 Å². The van der Waals surface area contributed by atoms with Crippen molar-refractivity contribution in [2.24, 2.45) is 0 Å². The van der Waals surface area contributed by atoms with Crippen LogP contribution < -0.4 is 0 Å². The minimum atomic E-state index is -4.68. The van der Waals surface area contributed by atoms with Crippen LogP contribution in [0.1, 0.15) is 11.1 Å². The summed E-state index contributed by atoms with van der Waals surface area (Å²) < 4.78 is 49.4. The molecule has 0 amide bonds. The van der Waals surface area contributed by atoms with Gasteiger partial charge >= 0.3 is 6.18 Å². The number of hydrogen-bond donors (Lipinski definition) is 0. The number of hydrogen-bond acceptors (Lipinski definition) is 0. The van der Waals surface area contributed by atoms with Gasteiger partial charge in [-0.3, -0.25) is 0 Å². The Labute approximate surface area is 88.9 Å². The molecule has 0 atom stereocenters. The van der Waals surface area contributed by atoms with Crippen LogP contribution in [0.25, 0.3) is 0 Å². The first-order chi connectivity index (χ1) is 6.95. The predicted octanol–water partition coefficient (Wildman–Crippen LogP) is 3.43. The molecule has 15 heavy (non-hydrogen) atoms. The van der Waals surface area contributed by atoms with Crippen LogP contribution in [-0.2, 0) is 6.18 Å². The average Bonchev–Trinajstić information content (AvgIpc) is 2.12. The first-order valence-electron chi connectivity index (χ1n) is 3.86. The van der Waals surface area contributed by atoms with E-state index in [2.05, 4.69) is 11.8 Å². The molecular weight excluding hydrogens is 232 g/mol. The number of alkyl halides is 4. The SMILES string of the molecule is Fc1cc(C#CCCl)ccc1C(F)(F)F. The molecule has 5 heteroatoms. The molecule has 1 aromatic carbocycles. The highest BCUT2D eigenvalue weighted by Crippen LogP contribution is 2.31. The molecule has 0 fully saturated rings. The van der Waals surface area contributed by atoms with Crippen LogP contribution in [0.15, 0.2) is 18.2 Å². The Morgan fingerprint density at radius 3 is 2.40 bits per heavy atom. The Bertz CT molecular complexity index is 412. The monoisotopic (exact) mass is 236 g/mol. The second kappa shape index (κ2) is 4.54. The second-order valence-electron chi connectivity index (χ2n) is 2.63. The molecule has 1 rings (SSSR count). The van der Waals surface area contributed by atoms with Gasteiger partial charge < -0.3 is 0 Å². The van der Waals surface area contributed by atoms with Crippen LogP contribution in [0.2, 0.25) is 0 Å². The van der Waals surface area contributed by atoms with Crippen molar-refractivity contribution in [1.82, 2.24) is 0 Å². The third-order valence-corrected chi connectivity index (χ3v) is 1.71. The summed E-state index contributed by atoms with van der Waals surface area (Å²) in [6, 6.07) is 2.50. The maximum Gasteiger partial charge on any atom is 0.419 e. The minimum absolute atomic E-state index is 0.0443. The van der Waals surface area contributed by atoms with E-state index in [-0.39, 0.29) is 11.4 Å². The molecule has 0 aromatic heterocycles. The van der Waals surface area contributed by atoms with Crippen molar-refractivity contribution < 1.29 is 17.6 Å². The quantitative estimate of drug-likeness (QED) is 0.368. The fourth-order valence-corrected chi connectivity index (χ4v) is 1.03. The highest BCUT2D eigenvalue weighted by Gasteiger charge is 2.33. The van der Waals surface area contributed by atoms with Gasteiger partial charge in [0.25, 0.3) is 0 Å². The van der Waals surface area contributed by atoms with Gasteiger partial charge in [0.2, 0.25) is 0 Å². The van der Waals surface area contributed by atoms with Gasteiger partial charge in [-0.1, -0.05) is 11.8 Å². The summed E-state index contributed by atoms with van der Waals surface area (Å²) in [5.41, 5.74) is -1.12. The van der Waals surface area contributed by atoms with Crippen molar-refractivity contribution in [3.8, 4) is 11.8 Å². The zero-order chi connectivity index (χ0) is 11.5. The van der Waals surface area contributed by atoms with Gasteiger partial charge in [0, 0.05) is 5.56 Å². The molecule has 0 N–H and O–H groups in total. The second-order valence-corrected chi connectivity index (χ2v) is 2.90. The van der Waals surface area contributed by atoms with Crippen LogP contribution in [0.4, 0.5) is 17.6 Å². The van der Waals surface area contributed by atoms with Gasteiger partial charge in [0.15, 0.2) is 0 Å². The summed E-state index contributed by atoms with van der Waals surface area (Å²) in [5, 5.41) is 0. The van der Waals surface area contributed by atoms with Crippen molar-refractivity contribution in [3.05, 3.63) is 35.1 Å². The average molecular weight is 237 g/mol. The van der Waals surface area contributed by atoms with E-state index in [9.17, 15) is 17.6 Å². The van der Waals surface area contributed by atoms with Crippen LogP contribution in [0.5, 0.6) is 0 Å². The molecule has 1 aromatic rings. The maximum atomic E-state index is 13.0. The van der Waals surface area contributed by atoms with Crippen LogP contribution >= 0.6 is 11.6 Å². The normalized spacial score (nSPS) is 10.7. The molecule has 0 saturated carbocycles. The molecular formula is C10H5ClF4. The summed E-state index contributed by atoms with van der Waals surface area (Å²) in [6.07, 6.45) is -4.68. The number of rotatable bonds is 0. The van der Waals surface area contributed by atoms with Crippen molar-refractivity contribution in [1.29, 1.82) is 0 Å². The topological polar surface area (TPSA) is 0 Å². The zero-order valence-electron chi connectivity index (χ0n) is 7.33. The van der Waals surface area contributed by atoms with Gasteiger partial charge in [0.1, 0.15) is 5.82 Å². The van der Waals surface area contributed by atoms with Crippen molar-refractivity contribution in [2.75, 3.05) is 5.88 Å².